The number of fused-ring (bicyclic) bond motifs is 1. The molecule has 454 valence electrons. The number of hydrogen-bond donors (Lipinski definition) is 5. The second kappa shape index (κ2) is 28.7. The third-order valence-electron chi connectivity index (χ3n) is 15.0. The predicted molar refractivity (Wildman–Crippen MR) is 316 cm³/mol. The number of halogens is 3. The Hall–Kier alpha value is -7.06. The largest absolute Gasteiger partial charge is 0.444 e. The fourth-order valence-corrected chi connectivity index (χ4v) is 11.5. The van der Waals surface area contributed by atoms with Crippen LogP contribution in [0.4, 0.5) is 36.0 Å². The molecule has 2 aromatic carbocycles. The molecular formula is C58H76ClF2N13O9S. The lowest BCUT2D eigenvalue weighted by Crippen LogP contribution is -2.58. The highest BCUT2D eigenvalue weighted by molar-refractivity contribution is 7.17. The van der Waals surface area contributed by atoms with Crippen molar-refractivity contribution >= 4 is 91.9 Å². The number of aryl methyl sites for hydroxylation is 3. The molecule has 2 aliphatic heterocycles. The van der Waals surface area contributed by atoms with Crippen molar-refractivity contribution in [1.82, 2.24) is 50.2 Å². The van der Waals surface area contributed by atoms with Crippen LogP contribution in [0.2, 0.25) is 5.02 Å². The zero-order chi connectivity index (χ0) is 60.2. The van der Waals surface area contributed by atoms with E-state index < -0.39 is 47.1 Å². The van der Waals surface area contributed by atoms with E-state index in [1.165, 1.54) is 34.0 Å². The predicted octanol–water partition coefficient (Wildman–Crippen LogP) is 7.06. The lowest BCUT2D eigenvalue weighted by molar-refractivity contribution is -0.140. The van der Waals surface area contributed by atoms with Gasteiger partial charge in [0.15, 0.2) is 16.8 Å². The van der Waals surface area contributed by atoms with Crippen molar-refractivity contribution in [2.24, 2.45) is 18.9 Å². The minimum atomic E-state index is -1.17. The van der Waals surface area contributed by atoms with Gasteiger partial charge in [0, 0.05) is 96.6 Å². The molecule has 2 saturated heterocycles. The Labute approximate surface area is 496 Å². The number of piperazine rings is 2. The maximum absolute atomic E-state index is 14.8. The first kappa shape index (κ1) is 63.0. The number of ether oxygens (including phenoxy) is 3. The first-order valence-electron chi connectivity index (χ1n) is 28.5. The summed E-state index contributed by atoms with van der Waals surface area (Å²) in [5.41, 5.74) is 0.673. The average Bonchev–Trinajstić information content (AvgIpc) is 3.89. The van der Waals surface area contributed by atoms with Gasteiger partial charge < -0.3 is 60.1 Å². The molecular weight excluding hydrogens is 1130 g/mol. The maximum atomic E-state index is 14.8. The van der Waals surface area contributed by atoms with E-state index >= 15 is 0 Å². The Morgan fingerprint density at radius 1 is 0.833 bits per heavy atom. The van der Waals surface area contributed by atoms with Crippen molar-refractivity contribution in [3.05, 3.63) is 86.8 Å². The fourth-order valence-electron chi connectivity index (χ4n) is 10.5. The Kier molecular flexibility index (Phi) is 21.5. The van der Waals surface area contributed by atoms with E-state index in [0.29, 0.717) is 52.1 Å². The second-order valence-electron chi connectivity index (χ2n) is 22.4. The number of amides is 6. The minimum absolute atomic E-state index is 0.0129. The Morgan fingerprint density at radius 3 is 2.23 bits per heavy atom. The Morgan fingerprint density at radius 2 is 1.52 bits per heavy atom. The molecule has 5 aromatic rings. The summed E-state index contributed by atoms with van der Waals surface area (Å²) in [4.78, 5) is 103. The number of rotatable bonds is 22. The van der Waals surface area contributed by atoms with E-state index in [2.05, 4.69) is 51.3 Å². The van der Waals surface area contributed by atoms with Crippen LogP contribution in [-0.4, -0.2) is 180 Å². The highest BCUT2D eigenvalue weighted by Gasteiger charge is 2.38. The molecule has 3 aliphatic rings. The van der Waals surface area contributed by atoms with Crippen LogP contribution in [0.25, 0.3) is 10.9 Å². The number of benzene rings is 2. The number of nitrogens with zero attached hydrogens (tertiary/aromatic N) is 8. The summed E-state index contributed by atoms with van der Waals surface area (Å²) in [6.45, 7) is 16.0. The molecule has 84 heavy (non-hydrogen) atoms. The summed E-state index contributed by atoms with van der Waals surface area (Å²) in [6, 6.07) is 8.36. The van der Waals surface area contributed by atoms with Gasteiger partial charge in [-0.15, -0.1) is 0 Å². The number of carbonyl (C=O) groups excluding carboxylic acids is 6. The van der Waals surface area contributed by atoms with Gasteiger partial charge in [0.05, 0.1) is 60.3 Å². The molecule has 3 fully saturated rings. The van der Waals surface area contributed by atoms with Gasteiger partial charge in [0.2, 0.25) is 11.8 Å². The summed E-state index contributed by atoms with van der Waals surface area (Å²) < 4.78 is 47.8. The molecule has 3 aromatic heterocycles. The topological polar surface area (TPSA) is 247 Å². The van der Waals surface area contributed by atoms with Gasteiger partial charge >= 0.3 is 6.09 Å². The summed E-state index contributed by atoms with van der Waals surface area (Å²) in [5.74, 6) is -3.30. The summed E-state index contributed by atoms with van der Waals surface area (Å²) in [5, 5.41) is 15.5. The molecule has 0 radical (unpaired) electrons. The first-order valence-corrected chi connectivity index (χ1v) is 29.7. The van der Waals surface area contributed by atoms with Gasteiger partial charge in [0.25, 0.3) is 17.7 Å². The minimum Gasteiger partial charge on any atom is -0.444 e. The van der Waals surface area contributed by atoms with E-state index in [1.807, 2.05) is 32.0 Å². The average molecular weight is 1200 g/mol. The summed E-state index contributed by atoms with van der Waals surface area (Å²) >= 11 is 7.51. The number of nitrogens with one attached hydrogen (secondary N) is 5. The molecule has 5 heterocycles. The molecule has 1 aliphatic carbocycles. The Bertz CT molecular complexity index is 3150. The van der Waals surface area contributed by atoms with E-state index in [1.54, 1.807) is 38.7 Å². The van der Waals surface area contributed by atoms with Crippen LogP contribution in [0.1, 0.15) is 102 Å². The Balaban J connectivity index is 0.764. The number of alkyl carbamates (subject to hydrolysis) is 1. The molecule has 0 bridgehead atoms. The molecule has 22 nitrogen and oxygen atoms in total. The fraction of sp³-hybridized carbons (Fsp3) is 0.534. The third kappa shape index (κ3) is 16.4. The smallest absolute Gasteiger partial charge is 0.407 e. The third-order valence-corrected chi connectivity index (χ3v) is 16.3. The van der Waals surface area contributed by atoms with Crippen LogP contribution in [0, 0.1) is 37.3 Å². The van der Waals surface area contributed by atoms with Crippen LogP contribution < -0.4 is 31.5 Å². The standard InChI is InChI=1S/C58H76ClF2N13O9S/c1-35-12-11-15-40(59)48(35)68-52(76)44-34-63-56(84-44)67-45-32-46(66-37(3)65-45)72-19-17-71(18-20-72)25-27-82-29-28-81-26-16-62-53(77)47-39-30-41(60)42(61)31-43(39)70(7)50(47)55(79)74-23-21-73(22-24-74)54(78)49(38-13-9-8-10-14-38)69-51(75)36(2)33-64-57(80)83-58(4,5)6/h11-12,15,30-32,34,36,38,49H,8-10,13-14,16-29,33H2,1-7H3,(H,62,77)(H,64,80)(H,68,76)(H,69,75)(H,63,65,66,67)/t36-,49-/m0/s1. The zero-order valence-electron chi connectivity index (χ0n) is 48.7. The first-order chi connectivity index (χ1) is 40.1. The normalized spacial score (nSPS) is 16.0. The number of hydrogen-bond acceptors (Lipinski definition) is 16. The van der Waals surface area contributed by atoms with Crippen LogP contribution in [-0.2, 0) is 30.8 Å². The van der Waals surface area contributed by atoms with Gasteiger partial charge in [-0.05, 0) is 71.1 Å². The van der Waals surface area contributed by atoms with Gasteiger partial charge in [0.1, 0.15) is 39.7 Å². The summed E-state index contributed by atoms with van der Waals surface area (Å²) in [6.07, 6.45) is 5.27. The second-order valence-corrected chi connectivity index (χ2v) is 23.8. The van der Waals surface area contributed by atoms with Crippen molar-refractivity contribution in [2.75, 3.05) is 114 Å². The highest BCUT2D eigenvalue weighted by atomic mass is 35.5. The molecule has 8 rings (SSSR count). The zero-order valence-corrected chi connectivity index (χ0v) is 50.3. The molecule has 1 saturated carbocycles. The molecule has 0 spiro atoms. The number of thiazole rings is 1. The van der Waals surface area contributed by atoms with Gasteiger partial charge in [-0.1, -0.05) is 61.3 Å². The quantitative estimate of drug-likeness (QED) is 0.0435. The number of carbonyl (C=O) groups is 6. The van der Waals surface area contributed by atoms with Crippen molar-refractivity contribution < 1.29 is 51.8 Å². The molecule has 26 heteroatoms. The van der Waals surface area contributed by atoms with Crippen LogP contribution in [0.3, 0.4) is 0 Å². The lowest BCUT2D eigenvalue weighted by Gasteiger charge is -2.39. The van der Waals surface area contributed by atoms with Crippen molar-refractivity contribution in [3.63, 3.8) is 0 Å². The van der Waals surface area contributed by atoms with Crippen LogP contribution in [0.15, 0.2) is 42.6 Å². The van der Waals surface area contributed by atoms with Gasteiger partial charge in [-0.25, -0.2) is 28.5 Å². The van der Waals surface area contributed by atoms with Gasteiger partial charge in [-0.2, -0.15) is 0 Å². The van der Waals surface area contributed by atoms with Crippen molar-refractivity contribution in [1.29, 1.82) is 0 Å². The van der Waals surface area contributed by atoms with E-state index in [4.69, 9.17) is 25.8 Å². The molecule has 5 N–H and O–H groups in total. The molecule has 2 atom stereocenters. The molecule has 0 unspecified atom stereocenters. The van der Waals surface area contributed by atoms with E-state index in [0.717, 1.165) is 81.8 Å². The van der Waals surface area contributed by atoms with E-state index in [9.17, 15) is 37.5 Å². The van der Waals surface area contributed by atoms with Crippen LogP contribution in [0.5, 0.6) is 0 Å². The number of anilines is 4. The summed E-state index contributed by atoms with van der Waals surface area (Å²) in [7, 11) is 1.51. The number of para-hydroxylation sites is 1. The highest BCUT2D eigenvalue weighted by Crippen LogP contribution is 2.32. The molecule has 6 amide bonds. The van der Waals surface area contributed by atoms with Gasteiger partial charge in [-0.3, -0.25) is 28.9 Å². The van der Waals surface area contributed by atoms with E-state index in [-0.39, 0.29) is 98.3 Å². The lowest BCUT2D eigenvalue weighted by atomic mass is 9.83. The van der Waals surface area contributed by atoms with Crippen LogP contribution >= 0.6 is 22.9 Å². The monoisotopic (exact) mass is 1200 g/mol. The van der Waals surface area contributed by atoms with Crippen molar-refractivity contribution in [3.8, 4) is 0 Å². The SMILES string of the molecule is Cc1nc(Nc2ncc(C(=O)Nc3c(C)cccc3Cl)s2)cc(N2CCN(CCOCCOCCNC(=O)c3c(C(=O)N4CCN(C(=O)[C@@H](NC(=O)[C@@H](C)CNC(=O)OC(C)(C)C)C5CCCCC5)CC4)n(C)c4cc(F)c(F)cc34)CC2)n1. The van der Waals surface area contributed by atoms with Crippen molar-refractivity contribution in [2.45, 2.75) is 85.3 Å². The number of aromatic nitrogens is 4. The maximum Gasteiger partial charge on any atom is 0.407 e.